The molecule has 1 heterocycles. The Morgan fingerprint density at radius 2 is 1.69 bits per heavy atom. The van der Waals surface area contributed by atoms with Crippen LogP contribution < -0.4 is 4.57 Å². The molecule has 1 aromatic heterocycles. The molecule has 78 valence electrons. The minimum atomic E-state index is 0.325. The third-order valence-corrected chi connectivity index (χ3v) is 2.95. The summed E-state index contributed by atoms with van der Waals surface area (Å²) in [7, 11) is 1.95. The molecule has 2 heteroatoms. The topological polar surface area (TPSA) is 24.1 Å². The molecule has 3 rings (SSSR count). The molecule has 0 saturated heterocycles. The number of aromatic hydroxyl groups is 1. The molecule has 2 nitrogen and oxygen atoms in total. The van der Waals surface area contributed by atoms with Gasteiger partial charge in [0.25, 0.3) is 5.52 Å². The summed E-state index contributed by atoms with van der Waals surface area (Å²) < 4.78 is 1.97. The smallest absolute Gasteiger partial charge is 0.255 e. The predicted molar refractivity (Wildman–Crippen MR) is 64.3 cm³/mol. The Labute approximate surface area is 93.4 Å². The second kappa shape index (κ2) is 3.20. The third kappa shape index (κ3) is 1.16. The van der Waals surface area contributed by atoms with E-state index in [1.165, 1.54) is 10.8 Å². The molecule has 0 saturated carbocycles. The molecule has 0 aliphatic heterocycles. The Morgan fingerprint density at radius 1 is 0.938 bits per heavy atom. The van der Waals surface area contributed by atoms with Crippen molar-refractivity contribution in [1.29, 1.82) is 0 Å². The van der Waals surface area contributed by atoms with Gasteiger partial charge in [-0.25, -0.2) is 0 Å². The molecule has 0 unspecified atom stereocenters. The normalized spacial score (nSPS) is 11.1. The van der Waals surface area contributed by atoms with Crippen LogP contribution in [0.25, 0.3) is 21.7 Å². The average molecular weight is 210 g/mol. The molecule has 0 fully saturated rings. The van der Waals surface area contributed by atoms with Crippen LogP contribution in [0.4, 0.5) is 0 Å². The van der Waals surface area contributed by atoms with Crippen molar-refractivity contribution in [3.63, 3.8) is 0 Å². The van der Waals surface area contributed by atoms with Gasteiger partial charge >= 0.3 is 0 Å². The van der Waals surface area contributed by atoms with Crippen LogP contribution in [-0.2, 0) is 7.05 Å². The van der Waals surface area contributed by atoms with Gasteiger partial charge in [0.15, 0.2) is 11.9 Å². The summed E-state index contributed by atoms with van der Waals surface area (Å²) in [6.45, 7) is 0. The van der Waals surface area contributed by atoms with E-state index in [2.05, 4.69) is 12.1 Å². The van der Waals surface area contributed by atoms with Crippen LogP contribution in [0.2, 0.25) is 0 Å². The van der Waals surface area contributed by atoms with Crippen molar-refractivity contribution in [3.05, 3.63) is 48.7 Å². The van der Waals surface area contributed by atoms with Gasteiger partial charge in [-0.2, -0.15) is 4.57 Å². The second-order valence-corrected chi connectivity index (χ2v) is 4.00. The highest BCUT2D eigenvalue weighted by Crippen LogP contribution is 2.27. The highest BCUT2D eigenvalue weighted by Gasteiger charge is 2.13. The van der Waals surface area contributed by atoms with E-state index in [1.807, 2.05) is 42.1 Å². The molecule has 0 bridgehead atoms. The SMILES string of the molecule is C[n+]1cc2ccccc2c2cccc(O)c21. The van der Waals surface area contributed by atoms with Crippen molar-refractivity contribution in [1.82, 2.24) is 0 Å². The number of rotatable bonds is 0. The summed E-state index contributed by atoms with van der Waals surface area (Å²) in [6.07, 6.45) is 2.04. The molecular weight excluding hydrogens is 198 g/mol. The standard InChI is InChI=1S/C14H11NO/c1-15-9-10-5-2-3-6-11(10)12-7-4-8-13(16)14(12)15/h2-9H,1H3/p+1. The number of hydrogen-bond donors (Lipinski definition) is 1. The number of phenolic OH excluding ortho intramolecular Hbond substituents is 1. The lowest BCUT2D eigenvalue weighted by molar-refractivity contribution is -0.643. The Bertz CT molecular complexity index is 689. The average Bonchev–Trinajstić information content (AvgIpc) is 2.29. The number of fused-ring (bicyclic) bond motifs is 3. The van der Waals surface area contributed by atoms with Crippen molar-refractivity contribution in [2.24, 2.45) is 7.05 Å². The molecular formula is C14H12NO+. The quantitative estimate of drug-likeness (QED) is 0.447. The van der Waals surface area contributed by atoms with Crippen LogP contribution in [-0.4, -0.2) is 5.11 Å². The summed E-state index contributed by atoms with van der Waals surface area (Å²) in [5, 5.41) is 13.3. The van der Waals surface area contributed by atoms with E-state index >= 15 is 0 Å². The van der Waals surface area contributed by atoms with E-state index in [-0.39, 0.29) is 0 Å². The van der Waals surface area contributed by atoms with Crippen LogP contribution in [0.3, 0.4) is 0 Å². The molecule has 0 spiro atoms. The summed E-state index contributed by atoms with van der Waals surface area (Å²) in [5.41, 5.74) is 0.876. The largest absolute Gasteiger partial charge is 0.502 e. The van der Waals surface area contributed by atoms with Gasteiger partial charge in [-0.05, 0) is 18.2 Å². The summed E-state index contributed by atoms with van der Waals surface area (Å²) >= 11 is 0. The molecule has 0 aliphatic carbocycles. The van der Waals surface area contributed by atoms with Gasteiger partial charge in [-0.15, -0.1) is 0 Å². The van der Waals surface area contributed by atoms with Gasteiger partial charge in [0, 0.05) is 10.8 Å². The Hall–Kier alpha value is -2.09. The van der Waals surface area contributed by atoms with E-state index in [0.29, 0.717) is 5.75 Å². The maximum atomic E-state index is 9.89. The fourth-order valence-corrected chi connectivity index (χ4v) is 2.25. The van der Waals surface area contributed by atoms with Crippen LogP contribution in [0, 0.1) is 0 Å². The highest BCUT2D eigenvalue weighted by molar-refractivity contribution is 6.05. The zero-order valence-electron chi connectivity index (χ0n) is 9.01. The van der Waals surface area contributed by atoms with Gasteiger partial charge in [0.2, 0.25) is 0 Å². The lowest BCUT2D eigenvalue weighted by atomic mass is 10.1. The van der Waals surface area contributed by atoms with Gasteiger partial charge in [0.1, 0.15) is 7.05 Å². The Kier molecular flexibility index (Phi) is 1.83. The van der Waals surface area contributed by atoms with Crippen molar-refractivity contribution in [2.75, 3.05) is 0 Å². The Balaban J connectivity index is 2.65. The number of aryl methyl sites for hydroxylation is 1. The van der Waals surface area contributed by atoms with Crippen LogP contribution in [0.15, 0.2) is 48.7 Å². The van der Waals surface area contributed by atoms with E-state index in [1.54, 1.807) is 6.07 Å². The van der Waals surface area contributed by atoms with Crippen molar-refractivity contribution in [2.45, 2.75) is 0 Å². The zero-order chi connectivity index (χ0) is 11.1. The van der Waals surface area contributed by atoms with Crippen molar-refractivity contribution < 1.29 is 9.67 Å². The van der Waals surface area contributed by atoms with Gasteiger partial charge < -0.3 is 5.11 Å². The van der Waals surface area contributed by atoms with E-state index in [0.717, 1.165) is 10.9 Å². The molecule has 3 aromatic rings. The number of aromatic nitrogens is 1. The minimum absolute atomic E-state index is 0.325. The lowest BCUT2D eigenvalue weighted by Crippen LogP contribution is -2.28. The number of benzene rings is 2. The predicted octanol–water partition coefficient (Wildman–Crippen LogP) is 2.52. The molecule has 1 N–H and O–H groups in total. The number of phenols is 1. The first kappa shape index (κ1) is 9.16. The minimum Gasteiger partial charge on any atom is -0.502 e. The third-order valence-electron chi connectivity index (χ3n) is 2.95. The number of para-hydroxylation sites is 1. The molecule has 0 atom stereocenters. The highest BCUT2D eigenvalue weighted by atomic mass is 16.3. The summed E-state index contributed by atoms with van der Waals surface area (Å²) in [6, 6.07) is 13.8. The van der Waals surface area contributed by atoms with Crippen LogP contribution in [0.1, 0.15) is 0 Å². The molecule has 2 aromatic carbocycles. The number of pyridine rings is 1. The van der Waals surface area contributed by atoms with Crippen molar-refractivity contribution in [3.8, 4) is 5.75 Å². The maximum Gasteiger partial charge on any atom is 0.255 e. The fourth-order valence-electron chi connectivity index (χ4n) is 2.25. The van der Waals surface area contributed by atoms with E-state index in [9.17, 15) is 5.11 Å². The number of nitrogens with zero attached hydrogens (tertiary/aromatic N) is 1. The molecule has 0 radical (unpaired) electrons. The molecule has 16 heavy (non-hydrogen) atoms. The van der Waals surface area contributed by atoms with Gasteiger partial charge in [-0.3, -0.25) is 0 Å². The maximum absolute atomic E-state index is 9.89. The molecule has 0 aliphatic rings. The summed E-state index contributed by atoms with van der Waals surface area (Å²) in [5.74, 6) is 0.325. The lowest BCUT2D eigenvalue weighted by Gasteiger charge is -2.03. The zero-order valence-corrected chi connectivity index (χ0v) is 9.01. The fraction of sp³-hybridized carbons (Fsp3) is 0.0714. The molecule has 0 amide bonds. The second-order valence-electron chi connectivity index (χ2n) is 4.00. The monoisotopic (exact) mass is 210 g/mol. The van der Waals surface area contributed by atoms with Gasteiger partial charge in [-0.1, -0.05) is 24.3 Å². The number of hydrogen-bond acceptors (Lipinski definition) is 1. The van der Waals surface area contributed by atoms with E-state index in [4.69, 9.17) is 0 Å². The first-order valence-corrected chi connectivity index (χ1v) is 5.26. The Morgan fingerprint density at radius 3 is 2.56 bits per heavy atom. The van der Waals surface area contributed by atoms with Crippen LogP contribution in [0.5, 0.6) is 5.75 Å². The summed E-state index contributed by atoms with van der Waals surface area (Å²) in [4.78, 5) is 0. The first-order valence-electron chi connectivity index (χ1n) is 5.26. The van der Waals surface area contributed by atoms with Crippen LogP contribution >= 0.6 is 0 Å². The first-order chi connectivity index (χ1) is 7.77. The van der Waals surface area contributed by atoms with E-state index < -0.39 is 0 Å². The van der Waals surface area contributed by atoms with Gasteiger partial charge in [0.05, 0.1) is 5.39 Å². The van der Waals surface area contributed by atoms with Crippen molar-refractivity contribution >= 4 is 21.7 Å².